The van der Waals surface area contributed by atoms with Gasteiger partial charge in [-0.15, -0.1) is 0 Å². The Morgan fingerprint density at radius 1 is 1.13 bits per heavy atom. The number of rotatable bonds is 2. The third-order valence-electron chi connectivity index (χ3n) is 2.40. The van der Waals surface area contributed by atoms with Gasteiger partial charge in [-0.1, -0.05) is 30.3 Å². The van der Waals surface area contributed by atoms with Crippen molar-refractivity contribution in [3.8, 4) is 0 Å². The van der Waals surface area contributed by atoms with Crippen LogP contribution in [-0.4, -0.2) is 5.78 Å². The van der Waals surface area contributed by atoms with Crippen LogP contribution in [0.25, 0.3) is 10.8 Å². The molecular formula is C13H11FO. The summed E-state index contributed by atoms with van der Waals surface area (Å²) in [4.78, 5) is 11.0. The Kier molecular flexibility index (Phi) is 2.50. The van der Waals surface area contributed by atoms with Crippen molar-refractivity contribution >= 4 is 16.6 Å². The first-order chi connectivity index (χ1) is 7.18. The number of halogens is 1. The Morgan fingerprint density at radius 2 is 1.80 bits per heavy atom. The normalized spacial score (nSPS) is 10.5. The molecule has 0 saturated carbocycles. The van der Waals surface area contributed by atoms with Crippen LogP contribution in [0.2, 0.25) is 0 Å². The smallest absolute Gasteiger partial charge is 0.134 e. The Bertz CT molecular complexity index is 517. The van der Waals surface area contributed by atoms with E-state index in [1.807, 2.05) is 12.1 Å². The molecule has 2 aromatic carbocycles. The molecule has 0 amide bonds. The van der Waals surface area contributed by atoms with Crippen molar-refractivity contribution in [2.75, 3.05) is 0 Å². The minimum atomic E-state index is -0.238. The van der Waals surface area contributed by atoms with Crippen LogP contribution in [0.15, 0.2) is 36.4 Å². The van der Waals surface area contributed by atoms with Gasteiger partial charge >= 0.3 is 0 Å². The zero-order valence-electron chi connectivity index (χ0n) is 8.46. The highest BCUT2D eigenvalue weighted by Crippen LogP contribution is 2.22. The summed E-state index contributed by atoms with van der Waals surface area (Å²) in [6.07, 6.45) is 0.362. The number of benzene rings is 2. The summed E-state index contributed by atoms with van der Waals surface area (Å²) in [5.41, 5.74) is 0.888. The van der Waals surface area contributed by atoms with Crippen LogP contribution in [0, 0.1) is 5.82 Å². The van der Waals surface area contributed by atoms with Crippen molar-refractivity contribution < 1.29 is 9.18 Å². The van der Waals surface area contributed by atoms with Crippen molar-refractivity contribution in [2.24, 2.45) is 0 Å². The van der Waals surface area contributed by atoms with Crippen molar-refractivity contribution in [1.29, 1.82) is 0 Å². The molecule has 0 unspecified atom stereocenters. The average molecular weight is 202 g/mol. The molecule has 0 aromatic heterocycles. The van der Waals surface area contributed by atoms with E-state index in [0.717, 1.165) is 10.9 Å². The second-order valence-electron chi connectivity index (χ2n) is 3.63. The van der Waals surface area contributed by atoms with E-state index in [4.69, 9.17) is 0 Å². The molecule has 2 heteroatoms. The number of ketones is 1. The van der Waals surface area contributed by atoms with E-state index in [1.54, 1.807) is 18.2 Å². The second kappa shape index (κ2) is 3.81. The number of hydrogen-bond acceptors (Lipinski definition) is 1. The van der Waals surface area contributed by atoms with Crippen LogP contribution in [0.1, 0.15) is 12.5 Å². The maximum absolute atomic E-state index is 13.4. The van der Waals surface area contributed by atoms with Crippen LogP contribution in [0.4, 0.5) is 4.39 Å². The Hall–Kier alpha value is -1.70. The summed E-state index contributed by atoms with van der Waals surface area (Å²) in [6, 6.07) is 10.3. The van der Waals surface area contributed by atoms with E-state index in [1.165, 1.54) is 13.0 Å². The molecule has 2 rings (SSSR count). The van der Waals surface area contributed by atoms with Gasteiger partial charge in [0.2, 0.25) is 0 Å². The second-order valence-corrected chi connectivity index (χ2v) is 3.63. The molecule has 0 fully saturated rings. The molecule has 0 bridgehead atoms. The lowest BCUT2D eigenvalue weighted by Crippen LogP contribution is -1.97. The first-order valence-electron chi connectivity index (χ1n) is 4.84. The molecule has 0 atom stereocenters. The minimum absolute atomic E-state index is 0.0896. The molecule has 15 heavy (non-hydrogen) atoms. The van der Waals surface area contributed by atoms with Gasteiger partial charge in [-0.3, -0.25) is 4.79 Å². The van der Waals surface area contributed by atoms with E-state index < -0.39 is 0 Å². The Morgan fingerprint density at radius 3 is 2.47 bits per heavy atom. The molecule has 2 aromatic rings. The molecule has 0 aliphatic rings. The fraction of sp³-hybridized carbons (Fsp3) is 0.154. The van der Waals surface area contributed by atoms with Crippen LogP contribution >= 0.6 is 0 Å². The van der Waals surface area contributed by atoms with Crippen LogP contribution < -0.4 is 0 Å². The number of carbonyl (C=O) groups excluding carboxylic acids is 1. The van der Waals surface area contributed by atoms with Crippen molar-refractivity contribution in [2.45, 2.75) is 13.3 Å². The van der Waals surface area contributed by atoms with Gasteiger partial charge in [-0.2, -0.15) is 0 Å². The first-order valence-corrected chi connectivity index (χ1v) is 4.84. The predicted octanol–water partition coefficient (Wildman–Crippen LogP) is 3.11. The quantitative estimate of drug-likeness (QED) is 0.731. The van der Waals surface area contributed by atoms with Gasteiger partial charge < -0.3 is 0 Å². The van der Waals surface area contributed by atoms with Crippen LogP contribution in [0.5, 0.6) is 0 Å². The zero-order valence-corrected chi connectivity index (χ0v) is 8.46. The Balaban J connectivity index is 2.66. The zero-order chi connectivity index (χ0) is 10.8. The number of fused-ring (bicyclic) bond motifs is 1. The van der Waals surface area contributed by atoms with Crippen LogP contribution in [0.3, 0.4) is 0 Å². The highest BCUT2D eigenvalue weighted by atomic mass is 19.1. The lowest BCUT2D eigenvalue weighted by molar-refractivity contribution is -0.116. The van der Waals surface area contributed by atoms with Crippen molar-refractivity contribution in [3.63, 3.8) is 0 Å². The van der Waals surface area contributed by atoms with E-state index in [2.05, 4.69) is 0 Å². The molecule has 1 nitrogen and oxygen atoms in total. The van der Waals surface area contributed by atoms with Gasteiger partial charge in [0.1, 0.15) is 11.6 Å². The number of hydrogen-bond donors (Lipinski definition) is 0. The number of carbonyl (C=O) groups is 1. The average Bonchev–Trinajstić information content (AvgIpc) is 2.22. The van der Waals surface area contributed by atoms with E-state index in [0.29, 0.717) is 11.8 Å². The highest BCUT2D eigenvalue weighted by Gasteiger charge is 2.06. The van der Waals surface area contributed by atoms with Gasteiger partial charge in [-0.25, -0.2) is 4.39 Å². The van der Waals surface area contributed by atoms with E-state index in [-0.39, 0.29) is 11.6 Å². The Labute approximate surface area is 87.5 Å². The van der Waals surface area contributed by atoms with Gasteiger partial charge in [0.05, 0.1) is 0 Å². The molecule has 0 aliphatic carbocycles. The monoisotopic (exact) mass is 202 g/mol. The maximum Gasteiger partial charge on any atom is 0.134 e. The van der Waals surface area contributed by atoms with Gasteiger partial charge in [0, 0.05) is 11.8 Å². The topological polar surface area (TPSA) is 17.1 Å². The van der Waals surface area contributed by atoms with E-state index >= 15 is 0 Å². The third kappa shape index (κ3) is 1.89. The predicted molar refractivity (Wildman–Crippen MR) is 58.3 cm³/mol. The third-order valence-corrected chi connectivity index (χ3v) is 2.40. The summed E-state index contributed by atoms with van der Waals surface area (Å²) in [7, 11) is 0. The summed E-state index contributed by atoms with van der Waals surface area (Å²) < 4.78 is 13.4. The molecule has 0 heterocycles. The molecule has 76 valence electrons. The molecule has 0 N–H and O–H groups in total. The molecule has 0 aliphatic heterocycles. The molecule has 0 spiro atoms. The standard InChI is InChI=1S/C13H11FO/c1-9(15)8-10-6-7-13(14)12-5-3-2-4-11(10)12/h2-7H,8H2,1H3. The van der Waals surface area contributed by atoms with Crippen LogP contribution in [-0.2, 0) is 11.2 Å². The van der Waals surface area contributed by atoms with Crippen molar-refractivity contribution in [1.82, 2.24) is 0 Å². The lowest BCUT2D eigenvalue weighted by Gasteiger charge is -2.05. The van der Waals surface area contributed by atoms with Gasteiger partial charge in [-0.05, 0) is 23.9 Å². The van der Waals surface area contributed by atoms with Gasteiger partial charge in [0.15, 0.2) is 0 Å². The maximum atomic E-state index is 13.4. The molecule has 0 radical (unpaired) electrons. The number of Topliss-reactive ketones (excluding diaryl/α,β-unsaturated/α-hetero) is 1. The molecular weight excluding hydrogens is 191 g/mol. The summed E-state index contributed by atoms with van der Waals surface area (Å²) in [5, 5.41) is 1.41. The highest BCUT2D eigenvalue weighted by molar-refractivity contribution is 5.90. The minimum Gasteiger partial charge on any atom is -0.300 e. The first kappa shape index (κ1) is 9.84. The molecule has 0 saturated heterocycles. The van der Waals surface area contributed by atoms with E-state index in [9.17, 15) is 9.18 Å². The summed E-state index contributed by atoms with van der Waals surface area (Å²) in [6.45, 7) is 1.54. The SMILES string of the molecule is CC(=O)Cc1ccc(F)c2ccccc12. The summed E-state index contributed by atoms with van der Waals surface area (Å²) in [5.74, 6) is -0.148. The van der Waals surface area contributed by atoms with Crippen molar-refractivity contribution in [3.05, 3.63) is 47.8 Å². The summed E-state index contributed by atoms with van der Waals surface area (Å²) >= 11 is 0. The lowest BCUT2D eigenvalue weighted by atomic mass is 10.0. The van der Waals surface area contributed by atoms with Gasteiger partial charge in [0.25, 0.3) is 0 Å². The fourth-order valence-electron chi connectivity index (χ4n) is 1.75. The fourth-order valence-corrected chi connectivity index (χ4v) is 1.75. The largest absolute Gasteiger partial charge is 0.300 e.